The van der Waals surface area contributed by atoms with Gasteiger partial charge in [-0.2, -0.15) is 5.26 Å². The van der Waals surface area contributed by atoms with Gasteiger partial charge in [0, 0.05) is 11.8 Å². The summed E-state index contributed by atoms with van der Waals surface area (Å²) in [6, 6.07) is 5.88. The van der Waals surface area contributed by atoms with Crippen LogP contribution in [0.4, 0.5) is 5.69 Å². The summed E-state index contributed by atoms with van der Waals surface area (Å²) in [4.78, 5) is 4.27. The normalized spacial score (nSPS) is 10.1. The van der Waals surface area contributed by atoms with Gasteiger partial charge in [0.25, 0.3) is 0 Å². The van der Waals surface area contributed by atoms with Gasteiger partial charge in [-0.05, 0) is 26.8 Å². The fourth-order valence-corrected chi connectivity index (χ4v) is 1.80. The number of aromatic nitrogens is 2. The molecule has 0 atom stereocenters. The molecule has 0 amide bonds. The van der Waals surface area contributed by atoms with Crippen LogP contribution in [0.3, 0.4) is 0 Å². The van der Waals surface area contributed by atoms with Gasteiger partial charge in [-0.25, -0.2) is 0 Å². The van der Waals surface area contributed by atoms with Crippen LogP contribution in [0.1, 0.15) is 28.4 Å². The molecule has 2 rings (SSSR count). The molecular formula is C13H14N4O. The standard InChI is InChI=1S/C13H14N4O/c1-8-4-13(12(6-14)10(3)16-8)15-7-11-5-9(2)18-17-11/h4-5H,7H2,1-3H3,(H,15,16). The number of nitrogens with zero attached hydrogens (tertiary/aromatic N) is 3. The highest BCUT2D eigenvalue weighted by Gasteiger charge is 2.08. The van der Waals surface area contributed by atoms with Gasteiger partial charge in [-0.15, -0.1) is 0 Å². The first-order chi connectivity index (χ1) is 8.60. The maximum absolute atomic E-state index is 9.13. The fraction of sp³-hybridized carbons (Fsp3) is 0.308. The summed E-state index contributed by atoms with van der Waals surface area (Å²) in [5, 5.41) is 16.2. The van der Waals surface area contributed by atoms with Crippen molar-refractivity contribution in [3.63, 3.8) is 0 Å². The van der Waals surface area contributed by atoms with E-state index in [0.717, 1.165) is 28.5 Å². The SMILES string of the molecule is Cc1cc(NCc2cc(C)on2)c(C#N)c(C)n1. The number of rotatable bonds is 3. The third-order valence-electron chi connectivity index (χ3n) is 2.58. The van der Waals surface area contributed by atoms with E-state index in [2.05, 4.69) is 21.5 Å². The van der Waals surface area contributed by atoms with Crippen molar-refractivity contribution in [2.75, 3.05) is 5.32 Å². The second kappa shape index (κ2) is 4.88. The Morgan fingerprint density at radius 1 is 1.33 bits per heavy atom. The van der Waals surface area contributed by atoms with Gasteiger partial charge < -0.3 is 9.84 Å². The molecular weight excluding hydrogens is 228 g/mol. The Morgan fingerprint density at radius 2 is 2.11 bits per heavy atom. The van der Waals surface area contributed by atoms with Gasteiger partial charge in [-0.1, -0.05) is 5.16 Å². The molecule has 5 heteroatoms. The highest BCUT2D eigenvalue weighted by molar-refractivity contribution is 5.59. The minimum absolute atomic E-state index is 0.523. The summed E-state index contributed by atoms with van der Waals surface area (Å²) in [6.45, 7) is 6.10. The van der Waals surface area contributed by atoms with E-state index in [1.165, 1.54) is 0 Å². The molecule has 0 saturated carbocycles. The molecule has 2 heterocycles. The van der Waals surface area contributed by atoms with E-state index in [-0.39, 0.29) is 0 Å². The lowest BCUT2D eigenvalue weighted by molar-refractivity contribution is 0.391. The molecule has 92 valence electrons. The molecule has 18 heavy (non-hydrogen) atoms. The van der Waals surface area contributed by atoms with Gasteiger partial charge in [0.05, 0.1) is 23.5 Å². The van der Waals surface area contributed by atoms with Crippen LogP contribution < -0.4 is 5.32 Å². The summed E-state index contributed by atoms with van der Waals surface area (Å²) in [5.41, 5.74) is 3.77. The zero-order valence-corrected chi connectivity index (χ0v) is 10.6. The molecule has 0 unspecified atom stereocenters. The first kappa shape index (κ1) is 12.1. The molecule has 0 aliphatic carbocycles. The third kappa shape index (κ3) is 2.48. The van der Waals surface area contributed by atoms with Gasteiger partial charge in [-0.3, -0.25) is 4.98 Å². The Hall–Kier alpha value is -2.35. The lowest BCUT2D eigenvalue weighted by Crippen LogP contribution is -2.04. The third-order valence-corrected chi connectivity index (χ3v) is 2.58. The second-order valence-corrected chi connectivity index (χ2v) is 4.17. The number of pyridine rings is 1. The minimum Gasteiger partial charge on any atom is -0.378 e. The van der Waals surface area contributed by atoms with Crippen molar-refractivity contribution in [2.45, 2.75) is 27.3 Å². The van der Waals surface area contributed by atoms with E-state index in [9.17, 15) is 0 Å². The predicted octanol–water partition coefficient (Wildman–Crippen LogP) is 2.48. The molecule has 5 nitrogen and oxygen atoms in total. The van der Waals surface area contributed by atoms with Gasteiger partial charge in [0.1, 0.15) is 17.5 Å². The van der Waals surface area contributed by atoms with E-state index in [4.69, 9.17) is 9.78 Å². The van der Waals surface area contributed by atoms with Crippen LogP contribution in [-0.4, -0.2) is 10.1 Å². The van der Waals surface area contributed by atoms with Crippen molar-refractivity contribution in [2.24, 2.45) is 0 Å². The second-order valence-electron chi connectivity index (χ2n) is 4.17. The topological polar surface area (TPSA) is 74.7 Å². The molecule has 0 saturated heterocycles. The van der Waals surface area contributed by atoms with Crippen LogP contribution in [0.5, 0.6) is 0 Å². The van der Waals surface area contributed by atoms with Crippen LogP contribution in [-0.2, 0) is 6.54 Å². The van der Waals surface area contributed by atoms with Crippen LogP contribution in [0.15, 0.2) is 16.7 Å². The molecule has 2 aromatic rings. The number of nitrogens with one attached hydrogen (secondary N) is 1. The predicted molar refractivity (Wildman–Crippen MR) is 67.0 cm³/mol. The van der Waals surface area contributed by atoms with Crippen molar-refractivity contribution in [1.29, 1.82) is 5.26 Å². The Morgan fingerprint density at radius 3 is 2.72 bits per heavy atom. The maximum atomic E-state index is 9.13. The zero-order valence-electron chi connectivity index (χ0n) is 10.6. The Bertz CT molecular complexity index is 610. The molecule has 0 bridgehead atoms. The number of hydrogen-bond donors (Lipinski definition) is 1. The van der Waals surface area contributed by atoms with Gasteiger partial charge in [0.15, 0.2) is 0 Å². The maximum Gasteiger partial charge on any atom is 0.133 e. The summed E-state index contributed by atoms with van der Waals surface area (Å²) in [6.07, 6.45) is 0. The lowest BCUT2D eigenvalue weighted by Gasteiger charge is -2.09. The highest BCUT2D eigenvalue weighted by atomic mass is 16.5. The number of aryl methyl sites for hydroxylation is 3. The Kier molecular flexibility index (Phi) is 3.28. The molecule has 0 radical (unpaired) electrons. The summed E-state index contributed by atoms with van der Waals surface area (Å²) >= 11 is 0. The number of hydrogen-bond acceptors (Lipinski definition) is 5. The largest absolute Gasteiger partial charge is 0.378 e. The highest BCUT2D eigenvalue weighted by Crippen LogP contribution is 2.19. The zero-order chi connectivity index (χ0) is 13.1. The lowest BCUT2D eigenvalue weighted by atomic mass is 10.1. The Labute approximate surface area is 105 Å². The minimum atomic E-state index is 0.523. The molecule has 0 aliphatic rings. The van der Waals surface area contributed by atoms with Crippen molar-refractivity contribution in [3.8, 4) is 6.07 Å². The molecule has 2 aromatic heterocycles. The number of anilines is 1. The van der Waals surface area contributed by atoms with Crippen molar-refractivity contribution in [1.82, 2.24) is 10.1 Å². The van der Waals surface area contributed by atoms with Crippen molar-refractivity contribution in [3.05, 3.63) is 40.5 Å². The molecule has 0 spiro atoms. The van der Waals surface area contributed by atoms with E-state index in [0.29, 0.717) is 12.1 Å². The van der Waals surface area contributed by atoms with E-state index < -0.39 is 0 Å². The summed E-state index contributed by atoms with van der Waals surface area (Å²) in [7, 11) is 0. The fourth-order valence-electron chi connectivity index (χ4n) is 1.80. The van der Waals surface area contributed by atoms with E-state index in [1.54, 1.807) is 0 Å². The van der Waals surface area contributed by atoms with Gasteiger partial charge in [0.2, 0.25) is 0 Å². The number of nitriles is 1. The molecule has 0 aliphatic heterocycles. The first-order valence-corrected chi connectivity index (χ1v) is 5.64. The summed E-state index contributed by atoms with van der Waals surface area (Å²) < 4.78 is 4.99. The van der Waals surface area contributed by atoms with Crippen LogP contribution in [0.2, 0.25) is 0 Å². The van der Waals surface area contributed by atoms with Crippen molar-refractivity contribution >= 4 is 5.69 Å². The average Bonchev–Trinajstić information content (AvgIpc) is 2.72. The smallest absolute Gasteiger partial charge is 0.133 e. The van der Waals surface area contributed by atoms with Crippen LogP contribution >= 0.6 is 0 Å². The monoisotopic (exact) mass is 242 g/mol. The van der Waals surface area contributed by atoms with Crippen LogP contribution in [0, 0.1) is 32.1 Å². The first-order valence-electron chi connectivity index (χ1n) is 5.64. The van der Waals surface area contributed by atoms with Gasteiger partial charge >= 0.3 is 0 Å². The quantitative estimate of drug-likeness (QED) is 0.894. The van der Waals surface area contributed by atoms with Crippen molar-refractivity contribution < 1.29 is 4.52 Å². The van der Waals surface area contributed by atoms with E-state index >= 15 is 0 Å². The van der Waals surface area contributed by atoms with Crippen LogP contribution in [0.25, 0.3) is 0 Å². The molecule has 0 aromatic carbocycles. The Balaban J connectivity index is 2.21. The molecule has 0 fully saturated rings. The summed E-state index contributed by atoms with van der Waals surface area (Å²) in [5.74, 6) is 0.773. The average molecular weight is 242 g/mol. The van der Waals surface area contributed by atoms with E-state index in [1.807, 2.05) is 32.9 Å². The molecule has 1 N–H and O–H groups in total.